The average Bonchev–Trinajstić information content (AvgIpc) is 2.67. The normalized spacial score (nSPS) is 12.6. The summed E-state index contributed by atoms with van der Waals surface area (Å²) in [5.74, 6) is -0.846. The van der Waals surface area contributed by atoms with Crippen molar-refractivity contribution in [2.24, 2.45) is 5.92 Å². The summed E-state index contributed by atoms with van der Waals surface area (Å²) in [6.45, 7) is 6.23. The minimum atomic E-state index is -4.19. The predicted molar refractivity (Wildman–Crippen MR) is 109 cm³/mol. The number of benzene rings is 2. The van der Waals surface area contributed by atoms with Gasteiger partial charge in [-0.05, 0) is 42.7 Å². The Kier molecular flexibility index (Phi) is 7.75. The molecule has 0 saturated heterocycles. The van der Waals surface area contributed by atoms with E-state index in [1.54, 1.807) is 20.9 Å². The maximum Gasteiger partial charge on any atom is 0.244 e. The minimum Gasteiger partial charge on any atom is -0.494 e. The fourth-order valence-electron chi connectivity index (χ4n) is 2.81. The number of nitrogens with zero attached hydrogens (tertiary/aromatic N) is 1. The zero-order valence-electron chi connectivity index (χ0n) is 17.1. The van der Waals surface area contributed by atoms with Crippen molar-refractivity contribution >= 4 is 15.9 Å². The molecule has 0 aliphatic heterocycles. The lowest BCUT2D eigenvalue weighted by atomic mass is 10.0. The molecule has 0 aliphatic carbocycles. The smallest absolute Gasteiger partial charge is 0.244 e. The molecule has 0 aromatic heterocycles. The van der Waals surface area contributed by atoms with Crippen molar-refractivity contribution in [2.45, 2.75) is 38.3 Å². The molecule has 1 N–H and O–H groups in total. The fraction of sp³-hybridized carbons (Fsp3) is 0.381. The number of hydrogen-bond acceptors (Lipinski definition) is 4. The molecule has 0 saturated carbocycles. The van der Waals surface area contributed by atoms with Crippen LogP contribution in [0.4, 0.5) is 4.39 Å². The first-order valence-electron chi connectivity index (χ1n) is 9.39. The standard InChI is InChI=1S/C21H27FN2O4S/c1-5-28-17-12-10-16(11-13-17)14-24(4)21(25)20(15(2)3)23-29(26,27)19-9-7-6-8-18(19)22/h6-13,15,20,23H,5,14H2,1-4H3. The minimum absolute atomic E-state index is 0.301. The summed E-state index contributed by atoms with van der Waals surface area (Å²) >= 11 is 0. The van der Waals surface area contributed by atoms with E-state index in [1.807, 2.05) is 31.2 Å². The van der Waals surface area contributed by atoms with E-state index < -0.39 is 32.7 Å². The van der Waals surface area contributed by atoms with E-state index in [2.05, 4.69) is 4.72 Å². The molecular formula is C21H27FN2O4S. The van der Waals surface area contributed by atoms with Gasteiger partial charge in [0, 0.05) is 13.6 Å². The van der Waals surface area contributed by atoms with Gasteiger partial charge in [-0.3, -0.25) is 4.79 Å². The highest BCUT2D eigenvalue weighted by Crippen LogP contribution is 2.18. The van der Waals surface area contributed by atoms with E-state index in [9.17, 15) is 17.6 Å². The number of likely N-dealkylation sites (N-methyl/N-ethyl adjacent to an activating group) is 1. The van der Waals surface area contributed by atoms with Gasteiger partial charge in [0.25, 0.3) is 0 Å². The first-order chi connectivity index (χ1) is 13.7. The molecule has 0 fully saturated rings. The number of amides is 1. The van der Waals surface area contributed by atoms with Crippen molar-refractivity contribution in [2.75, 3.05) is 13.7 Å². The van der Waals surface area contributed by atoms with Crippen LogP contribution >= 0.6 is 0 Å². The number of carbonyl (C=O) groups is 1. The number of halogens is 1. The van der Waals surface area contributed by atoms with Gasteiger partial charge in [-0.25, -0.2) is 12.8 Å². The molecule has 0 spiro atoms. The fourth-order valence-corrected chi connectivity index (χ4v) is 4.23. The molecule has 2 aromatic rings. The number of ether oxygens (including phenoxy) is 1. The zero-order chi connectivity index (χ0) is 21.6. The maximum atomic E-state index is 13.9. The van der Waals surface area contributed by atoms with E-state index in [4.69, 9.17) is 4.74 Å². The molecule has 8 heteroatoms. The summed E-state index contributed by atoms with van der Waals surface area (Å²) in [5, 5.41) is 0. The molecule has 6 nitrogen and oxygen atoms in total. The van der Waals surface area contributed by atoms with Crippen LogP contribution in [0.15, 0.2) is 53.4 Å². The largest absolute Gasteiger partial charge is 0.494 e. The maximum absolute atomic E-state index is 13.9. The van der Waals surface area contributed by atoms with Crippen LogP contribution in [-0.4, -0.2) is 38.9 Å². The highest BCUT2D eigenvalue weighted by Gasteiger charge is 2.31. The molecule has 1 unspecified atom stereocenters. The lowest BCUT2D eigenvalue weighted by Gasteiger charge is -2.27. The van der Waals surface area contributed by atoms with Crippen molar-refractivity contribution in [3.05, 3.63) is 59.9 Å². The zero-order valence-corrected chi connectivity index (χ0v) is 17.9. The van der Waals surface area contributed by atoms with Gasteiger partial charge in [0.15, 0.2) is 0 Å². The lowest BCUT2D eigenvalue weighted by molar-refractivity contribution is -0.133. The molecule has 2 aromatic carbocycles. The van der Waals surface area contributed by atoms with E-state index in [-0.39, 0.29) is 5.92 Å². The average molecular weight is 423 g/mol. The quantitative estimate of drug-likeness (QED) is 0.673. The molecule has 0 radical (unpaired) electrons. The predicted octanol–water partition coefficient (Wildman–Crippen LogP) is 3.19. The Hall–Kier alpha value is -2.45. The third-order valence-corrected chi connectivity index (χ3v) is 5.85. The molecule has 1 amide bonds. The summed E-state index contributed by atoms with van der Waals surface area (Å²) in [6.07, 6.45) is 0. The summed E-state index contributed by atoms with van der Waals surface area (Å²) in [4.78, 5) is 13.9. The Balaban J connectivity index is 2.15. The first kappa shape index (κ1) is 22.8. The van der Waals surface area contributed by atoms with Crippen molar-refractivity contribution in [3.63, 3.8) is 0 Å². The van der Waals surface area contributed by atoms with Crippen LogP contribution in [0, 0.1) is 11.7 Å². The van der Waals surface area contributed by atoms with E-state index in [0.717, 1.165) is 17.4 Å². The molecule has 0 aliphatic rings. The Morgan fingerprint density at radius 3 is 2.31 bits per heavy atom. The summed E-state index contributed by atoms with van der Waals surface area (Å²) < 4.78 is 46.9. The van der Waals surface area contributed by atoms with Gasteiger partial charge in [-0.2, -0.15) is 4.72 Å². The van der Waals surface area contributed by atoms with Crippen molar-refractivity contribution in [3.8, 4) is 5.75 Å². The van der Waals surface area contributed by atoms with Crippen molar-refractivity contribution < 1.29 is 22.3 Å². The molecule has 29 heavy (non-hydrogen) atoms. The second-order valence-electron chi connectivity index (χ2n) is 7.04. The number of carbonyl (C=O) groups excluding carboxylic acids is 1. The first-order valence-corrected chi connectivity index (χ1v) is 10.9. The monoisotopic (exact) mass is 422 g/mol. The molecule has 2 rings (SSSR count). The summed E-state index contributed by atoms with van der Waals surface area (Å²) in [7, 11) is -2.58. The SMILES string of the molecule is CCOc1ccc(CN(C)C(=O)C(NS(=O)(=O)c2ccccc2F)C(C)C)cc1. The summed E-state index contributed by atoms with van der Waals surface area (Å²) in [6, 6.07) is 11.4. The summed E-state index contributed by atoms with van der Waals surface area (Å²) in [5.41, 5.74) is 0.878. The molecule has 0 bridgehead atoms. The van der Waals surface area contributed by atoms with Crippen molar-refractivity contribution in [1.29, 1.82) is 0 Å². The molecule has 158 valence electrons. The Morgan fingerprint density at radius 1 is 1.14 bits per heavy atom. The van der Waals surface area contributed by atoms with Gasteiger partial charge in [-0.1, -0.05) is 38.1 Å². The molecule has 0 heterocycles. The number of hydrogen-bond donors (Lipinski definition) is 1. The van der Waals surface area contributed by atoms with Gasteiger partial charge in [0.2, 0.25) is 15.9 Å². The van der Waals surface area contributed by atoms with Crippen molar-refractivity contribution in [1.82, 2.24) is 9.62 Å². The highest BCUT2D eigenvalue weighted by atomic mass is 32.2. The molecule has 1 atom stereocenters. The van der Waals surface area contributed by atoms with Crippen LogP contribution in [-0.2, 0) is 21.4 Å². The van der Waals surface area contributed by atoms with Gasteiger partial charge in [0.05, 0.1) is 6.61 Å². The topological polar surface area (TPSA) is 75.7 Å². The second-order valence-corrected chi connectivity index (χ2v) is 8.73. The van der Waals surface area contributed by atoms with Crippen LogP contribution in [0.2, 0.25) is 0 Å². The van der Waals surface area contributed by atoms with Gasteiger partial charge >= 0.3 is 0 Å². The third-order valence-electron chi connectivity index (χ3n) is 4.37. The van der Waals surface area contributed by atoms with Crippen LogP contribution in [0.3, 0.4) is 0 Å². The number of nitrogens with one attached hydrogen (secondary N) is 1. The van der Waals surface area contributed by atoms with Crippen LogP contribution in [0.25, 0.3) is 0 Å². The highest BCUT2D eigenvalue weighted by molar-refractivity contribution is 7.89. The second kappa shape index (κ2) is 9.84. The number of rotatable bonds is 9. The third kappa shape index (κ3) is 6.01. The van der Waals surface area contributed by atoms with E-state index in [1.165, 1.54) is 23.1 Å². The van der Waals surface area contributed by atoms with Crippen LogP contribution in [0.1, 0.15) is 26.3 Å². The van der Waals surface area contributed by atoms with Gasteiger partial charge < -0.3 is 9.64 Å². The number of sulfonamides is 1. The van der Waals surface area contributed by atoms with Gasteiger partial charge in [0.1, 0.15) is 22.5 Å². The van der Waals surface area contributed by atoms with E-state index >= 15 is 0 Å². The van der Waals surface area contributed by atoms with Gasteiger partial charge in [-0.15, -0.1) is 0 Å². The lowest BCUT2D eigenvalue weighted by Crippen LogP contribution is -2.50. The molecular weight excluding hydrogens is 395 g/mol. The van der Waals surface area contributed by atoms with Crippen LogP contribution in [0.5, 0.6) is 5.75 Å². The Bertz CT molecular complexity index is 930. The van der Waals surface area contributed by atoms with Crippen LogP contribution < -0.4 is 9.46 Å². The Morgan fingerprint density at radius 2 is 1.76 bits per heavy atom. The van der Waals surface area contributed by atoms with E-state index in [0.29, 0.717) is 13.2 Å². The Labute approximate surface area is 171 Å².